The Kier molecular flexibility index (Phi) is 4.24. The van der Waals surface area contributed by atoms with Gasteiger partial charge in [-0.25, -0.2) is 4.98 Å². The predicted octanol–water partition coefficient (Wildman–Crippen LogP) is 2.21. The quantitative estimate of drug-likeness (QED) is 0.923. The van der Waals surface area contributed by atoms with E-state index in [2.05, 4.69) is 4.90 Å². The van der Waals surface area contributed by atoms with Gasteiger partial charge in [-0.2, -0.15) is 0 Å². The van der Waals surface area contributed by atoms with Crippen molar-refractivity contribution in [2.45, 2.75) is 44.4 Å². The van der Waals surface area contributed by atoms with Crippen LogP contribution in [0, 0.1) is 5.41 Å². The molecule has 122 valence electrons. The largest absolute Gasteiger partial charge is 0.396 e. The monoisotopic (exact) mass is 322 g/mol. The normalized spacial score (nSPS) is 28.1. The fourth-order valence-corrected chi connectivity index (χ4v) is 5.32. The number of nitrogens with zero attached hydrogens (tertiary/aromatic N) is 2. The smallest absolute Gasteiger partial charge is 0.0974 e. The van der Waals surface area contributed by atoms with Gasteiger partial charge in [-0.15, -0.1) is 11.3 Å². The maximum Gasteiger partial charge on any atom is 0.0974 e. The van der Waals surface area contributed by atoms with Crippen molar-refractivity contribution in [1.29, 1.82) is 0 Å². The van der Waals surface area contributed by atoms with Gasteiger partial charge in [-0.1, -0.05) is 0 Å². The number of hydrogen-bond acceptors (Lipinski definition) is 5. The molecule has 2 saturated heterocycles. The highest BCUT2D eigenvalue weighted by molar-refractivity contribution is 7.11. The van der Waals surface area contributed by atoms with Crippen LogP contribution >= 0.6 is 11.3 Å². The first kappa shape index (κ1) is 15.1. The van der Waals surface area contributed by atoms with Gasteiger partial charge in [0.15, 0.2) is 0 Å². The van der Waals surface area contributed by atoms with Crippen LogP contribution < -0.4 is 0 Å². The fraction of sp³-hybridized carbons (Fsp3) is 0.824. The van der Waals surface area contributed by atoms with E-state index in [0.29, 0.717) is 5.92 Å². The summed E-state index contributed by atoms with van der Waals surface area (Å²) in [5.74, 6) is 0.598. The summed E-state index contributed by atoms with van der Waals surface area (Å²) in [4.78, 5) is 9.07. The number of rotatable bonds is 4. The Hall–Kier alpha value is -0.490. The predicted molar refractivity (Wildman–Crippen MR) is 87.5 cm³/mol. The SMILES string of the molecule is OCC1(CN2CCCC(c3nc4c(s3)CCCC4)C2)COC1. The lowest BCUT2D eigenvalue weighted by Crippen LogP contribution is -2.54. The summed E-state index contributed by atoms with van der Waals surface area (Å²) in [6, 6.07) is 0. The topological polar surface area (TPSA) is 45.6 Å². The Balaban J connectivity index is 1.43. The van der Waals surface area contributed by atoms with Crippen LogP contribution in [0.15, 0.2) is 0 Å². The summed E-state index contributed by atoms with van der Waals surface area (Å²) < 4.78 is 5.34. The van der Waals surface area contributed by atoms with Gasteiger partial charge in [0.05, 0.1) is 35.9 Å². The van der Waals surface area contributed by atoms with E-state index in [9.17, 15) is 5.11 Å². The van der Waals surface area contributed by atoms with Crippen LogP contribution in [-0.4, -0.2) is 54.4 Å². The molecule has 1 N–H and O–H groups in total. The molecule has 3 aliphatic rings. The van der Waals surface area contributed by atoms with Gasteiger partial charge in [0.2, 0.25) is 0 Å². The summed E-state index contributed by atoms with van der Waals surface area (Å²) in [6.07, 6.45) is 7.60. The highest BCUT2D eigenvalue weighted by Crippen LogP contribution is 2.36. The van der Waals surface area contributed by atoms with Gasteiger partial charge in [0.25, 0.3) is 0 Å². The zero-order valence-corrected chi connectivity index (χ0v) is 14.0. The second-order valence-electron chi connectivity index (χ2n) is 7.35. The summed E-state index contributed by atoms with van der Waals surface area (Å²) in [6.45, 7) is 4.93. The van der Waals surface area contributed by atoms with Crippen LogP contribution in [0.4, 0.5) is 0 Å². The Morgan fingerprint density at radius 3 is 2.86 bits per heavy atom. The first-order valence-corrected chi connectivity index (χ1v) is 9.49. The molecule has 4 rings (SSSR count). The van der Waals surface area contributed by atoms with Crippen molar-refractivity contribution in [2.75, 3.05) is 39.5 Å². The molecule has 0 amide bonds. The van der Waals surface area contributed by atoms with E-state index in [0.717, 1.165) is 32.8 Å². The molecule has 0 saturated carbocycles. The molecule has 2 aliphatic heterocycles. The minimum absolute atomic E-state index is 0.00397. The highest BCUT2D eigenvalue weighted by atomic mass is 32.1. The zero-order chi connectivity index (χ0) is 15.0. The minimum Gasteiger partial charge on any atom is -0.396 e. The van der Waals surface area contributed by atoms with E-state index in [1.165, 1.54) is 49.2 Å². The summed E-state index contributed by atoms with van der Waals surface area (Å²) >= 11 is 1.98. The van der Waals surface area contributed by atoms with Gasteiger partial charge < -0.3 is 14.7 Å². The molecule has 0 spiro atoms. The molecule has 0 aromatic carbocycles. The number of ether oxygens (including phenoxy) is 1. The third kappa shape index (κ3) is 2.84. The Bertz CT molecular complexity index is 498. The average molecular weight is 322 g/mol. The van der Waals surface area contributed by atoms with Crippen molar-refractivity contribution >= 4 is 11.3 Å². The molecule has 3 heterocycles. The zero-order valence-electron chi connectivity index (χ0n) is 13.2. The van der Waals surface area contributed by atoms with Crippen molar-refractivity contribution in [3.8, 4) is 0 Å². The van der Waals surface area contributed by atoms with Gasteiger partial charge in [0.1, 0.15) is 0 Å². The number of thiazole rings is 1. The molecule has 1 aromatic rings. The molecule has 4 nitrogen and oxygen atoms in total. The number of piperidine rings is 1. The second kappa shape index (κ2) is 6.19. The number of aliphatic hydroxyl groups excluding tert-OH is 1. The molecule has 1 unspecified atom stereocenters. The number of likely N-dealkylation sites (tertiary alicyclic amines) is 1. The second-order valence-corrected chi connectivity index (χ2v) is 8.47. The third-order valence-electron chi connectivity index (χ3n) is 5.43. The minimum atomic E-state index is 0.00397. The van der Waals surface area contributed by atoms with E-state index in [1.807, 2.05) is 11.3 Å². The molecule has 1 aromatic heterocycles. The fourth-order valence-electron chi connectivity index (χ4n) is 4.04. The third-order valence-corrected chi connectivity index (χ3v) is 6.75. The molecular weight excluding hydrogens is 296 g/mol. The van der Waals surface area contributed by atoms with Gasteiger partial charge in [-0.3, -0.25) is 0 Å². The molecule has 0 radical (unpaired) electrons. The van der Waals surface area contributed by atoms with Crippen molar-refractivity contribution in [3.63, 3.8) is 0 Å². The average Bonchev–Trinajstić information content (AvgIpc) is 2.95. The lowest BCUT2D eigenvalue weighted by atomic mass is 9.85. The molecule has 0 bridgehead atoms. The van der Waals surface area contributed by atoms with Crippen molar-refractivity contribution in [1.82, 2.24) is 9.88 Å². The van der Waals surface area contributed by atoms with Gasteiger partial charge >= 0.3 is 0 Å². The summed E-state index contributed by atoms with van der Waals surface area (Å²) in [5.41, 5.74) is 1.40. The van der Waals surface area contributed by atoms with Gasteiger partial charge in [0, 0.05) is 23.9 Å². The maximum atomic E-state index is 9.64. The summed E-state index contributed by atoms with van der Waals surface area (Å²) in [7, 11) is 0. The van der Waals surface area contributed by atoms with E-state index < -0.39 is 0 Å². The van der Waals surface area contributed by atoms with Crippen LogP contribution in [0.1, 0.15) is 47.2 Å². The number of hydrogen-bond donors (Lipinski definition) is 1. The van der Waals surface area contributed by atoms with Crippen LogP contribution in [0.3, 0.4) is 0 Å². The lowest BCUT2D eigenvalue weighted by Gasteiger charge is -2.45. The Morgan fingerprint density at radius 1 is 1.27 bits per heavy atom. The molecular formula is C17H26N2O2S. The maximum absolute atomic E-state index is 9.64. The first-order valence-electron chi connectivity index (χ1n) is 8.67. The number of aliphatic hydroxyl groups is 1. The van der Waals surface area contributed by atoms with Crippen molar-refractivity contribution < 1.29 is 9.84 Å². The number of fused-ring (bicyclic) bond motifs is 1. The molecule has 2 fully saturated rings. The van der Waals surface area contributed by atoms with Crippen LogP contribution in [0.5, 0.6) is 0 Å². The van der Waals surface area contributed by atoms with Gasteiger partial charge in [-0.05, 0) is 45.1 Å². The Morgan fingerprint density at radius 2 is 2.14 bits per heavy atom. The first-order chi connectivity index (χ1) is 10.8. The van der Waals surface area contributed by atoms with Crippen molar-refractivity contribution in [2.24, 2.45) is 5.41 Å². The highest BCUT2D eigenvalue weighted by Gasteiger charge is 2.40. The number of aryl methyl sites for hydroxylation is 2. The molecule has 1 aliphatic carbocycles. The van der Waals surface area contributed by atoms with E-state index >= 15 is 0 Å². The van der Waals surface area contributed by atoms with Crippen LogP contribution in [0.2, 0.25) is 0 Å². The Labute approximate surface area is 136 Å². The van der Waals surface area contributed by atoms with Crippen LogP contribution in [-0.2, 0) is 17.6 Å². The van der Waals surface area contributed by atoms with E-state index in [4.69, 9.17) is 9.72 Å². The molecule has 22 heavy (non-hydrogen) atoms. The number of aromatic nitrogens is 1. The van der Waals surface area contributed by atoms with Crippen molar-refractivity contribution in [3.05, 3.63) is 15.6 Å². The van der Waals surface area contributed by atoms with E-state index in [1.54, 1.807) is 4.88 Å². The van der Waals surface area contributed by atoms with E-state index in [-0.39, 0.29) is 12.0 Å². The summed E-state index contributed by atoms with van der Waals surface area (Å²) in [5, 5.41) is 11.0. The molecule has 5 heteroatoms. The lowest BCUT2D eigenvalue weighted by molar-refractivity contribution is -0.149. The standard InChI is InChI=1S/C17H26N2O2S/c20-10-17(11-21-12-17)9-19-7-3-4-13(8-19)16-18-14-5-1-2-6-15(14)22-16/h13,20H,1-12H2. The van der Waals surface area contributed by atoms with Crippen LogP contribution in [0.25, 0.3) is 0 Å². The molecule has 1 atom stereocenters.